The molecule has 5 N–H and O–H groups in total. The van der Waals surface area contributed by atoms with Crippen LogP contribution in [0.2, 0.25) is 0 Å². The molecule has 1 saturated heterocycles. The van der Waals surface area contributed by atoms with E-state index in [1.807, 2.05) is 54.7 Å². The van der Waals surface area contributed by atoms with Crippen molar-refractivity contribution in [3.05, 3.63) is 88.0 Å². The second-order valence-electron chi connectivity index (χ2n) is 11.4. The Hall–Kier alpha value is -4.84. The van der Waals surface area contributed by atoms with Gasteiger partial charge in [-0.3, -0.25) is 24.6 Å². The molecule has 11 nitrogen and oxygen atoms in total. The van der Waals surface area contributed by atoms with Gasteiger partial charge in [-0.2, -0.15) is 0 Å². The second kappa shape index (κ2) is 15.4. The summed E-state index contributed by atoms with van der Waals surface area (Å²) in [6.07, 6.45) is 7.27. The number of H-pyrrole nitrogens is 1. The Morgan fingerprint density at radius 2 is 1.76 bits per heavy atom. The van der Waals surface area contributed by atoms with Crippen molar-refractivity contribution in [1.29, 1.82) is 5.41 Å². The lowest BCUT2D eigenvalue weighted by Gasteiger charge is -2.29. The minimum absolute atomic E-state index is 0.187. The van der Waals surface area contributed by atoms with Crippen LogP contribution in [0.5, 0.6) is 0 Å². The number of aromatic amines is 1. The van der Waals surface area contributed by atoms with Crippen LogP contribution in [-0.2, 0) is 27.2 Å². The normalized spacial score (nSPS) is 14.3. The number of thiazole rings is 1. The molecule has 0 aliphatic carbocycles. The third-order valence-electron chi connectivity index (χ3n) is 8.10. The topological polar surface area (TPSA) is 160 Å². The van der Waals surface area contributed by atoms with Gasteiger partial charge >= 0.3 is 0 Å². The van der Waals surface area contributed by atoms with Crippen LogP contribution in [0.15, 0.2) is 66.3 Å². The molecule has 2 atom stereocenters. The molecule has 0 spiro atoms. The number of piperidine rings is 1. The molecule has 1 fully saturated rings. The minimum Gasteiger partial charge on any atom is -0.361 e. The van der Waals surface area contributed by atoms with E-state index in [0.717, 1.165) is 53.5 Å². The van der Waals surface area contributed by atoms with E-state index in [-0.39, 0.29) is 42.5 Å². The number of carbonyl (C=O) groups is 4. The molecule has 1 aliphatic rings. The van der Waals surface area contributed by atoms with E-state index in [2.05, 4.69) is 30.8 Å². The van der Waals surface area contributed by atoms with Gasteiger partial charge in [-0.25, -0.2) is 4.98 Å². The Morgan fingerprint density at radius 3 is 2.52 bits per heavy atom. The molecule has 0 bridgehead atoms. The first-order valence-electron chi connectivity index (χ1n) is 15.6. The molecule has 2 unspecified atom stereocenters. The zero-order chi connectivity index (χ0) is 32.5. The monoisotopic (exact) mass is 641 g/mol. The zero-order valence-electron chi connectivity index (χ0n) is 25.8. The summed E-state index contributed by atoms with van der Waals surface area (Å²) >= 11 is 1.20. The van der Waals surface area contributed by atoms with Crippen molar-refractivity contribution in [2.75, 3.05) is 19.6 Å². The molecular formula is C34H39N7O4S. The number of hydrogen-bond donors (Lipinski definition) is 5. The number of para-hydroxylation sites is 1. The van der Waals surface area contributed by atoms with Gasteiger partial charge in [0.2, 0.25) is 23.5 Å². The van der Waals surface area contributed by atoms with E-state index in [1.165, 1.54) is 17.8 Å². The molecule has 4 aromatic rings. The standard InChI is InChI=1S/C34H39N7O4S/c1-2-29(42)40-28(18-22-9-8-10-23(17-22)32(35)41-14-6-3-7-15-41)33(45)38-21-30(43)39-27(31(44)34-36-13-16-46-34)19-24-20-37-26-12-5-4-11-25(24)26/h4-5,8-13,16-17,20,27-28,35,37H,2-3,6-7,14-15,18-19,21H2,1H3,(H,38,45)(H,39,43)(H,40,42). The number of aromatic nitrogens is 2. The van der Waals surface area contributed by atoms with Crippen molar-refractivity contribution in [3.8, 4) is 0 Å². The molecule has 3 heterocycles. The molecule has 0 saturated carbocycles. The third-order valence-corrected chi connectivity index (χ3v) is 8.89. The number of amides is 3. The van der Waals surface area contributed by atoms with E-state index in [0.29, 0.717) is 5.84 Å². The fraction of sp³-hybridized carbons (Fsp3) is 0.353. The largest absolute Gasteiger partial charge is 0.361 e. The number of nitrogens with one attached hydrogen (secondary N) is 5. The van der Waals surface area contributed by atoms with E-state index < -0.39 is 23.9 Å². The third kappa shape index (κ3) is 8.25. The quantitative estimate of drug-likeness (QED) is 0.0852. The van der Waals surface area contributed by atoms with Crippen LogP contribution in [-0.4, -0.2) is 75.9 Å². The Morgan fingerprint density at radius 1 is 0.978 bits per heavy atom. The van der Waals surface area contributed by atoms with Gasteiger partial charge in [0.25, 0.3) is 0 Å². The first-order valence-corrected chi connectivity index (χ1v) is 16.5. The Balaban J connectivity index is 1.24. The highest BCUT2D eigenvalue weighted by molar-refractivity contribution is 7.11. The van der Waals surface area contributed by atoms with Gasteiger partial charge in [0.1, 0.15) is 11.9 Å². The predicted octanol–water partition coefficient (Wildman–Crippen LogP) is 3.60. The summed E-state index contributed by atoms with van der Waals surface area (Å²) in [4.78, 5) is 61.6. The molecule has 0 radical (unpaired) electrons. The molecule has 5 rings (SSSR count). The van der Waals surface area contributed by atoms with Gasteiger partial charge in [0, 0.05) is 66.6 Å². The van der Waals surface area contributed by atoms with Crippen LogP contribution in [0.1, 0.15) is 59.1 Å². The summed E-state index contributed by atoms with van der Waals surface area (Å²) in [7, 11) is 0. The van der Waals surface area contributed by atoms with Crippen LogP contribution in [0, 0.1) is 5.41 Å². The summed E-state index contributed by atoms with van der Waals surface area (Å²) in [5.41, 5.74) is 3.33. The Labute approximate surface area is 271 Å². The highest BCUT2D eigenvalue weighted by Crippen LogP contribution is 2.21. The summed E-state index contributed by atoms with van der Waals surface area (Å²) in [6, 6.07) is 13.3. The number of likely N-dealkylation sites (tertiary alicyclic amines) is 1. The Bertz CT molecular complexity index is 1690. The van der Waals surface area contributed by atoms with Gasteiger partial charge < -0.3 is 25.8 Å². The first-order chi connectivity index (χ1) is 22.3. The van der Waals surface area contributed by atoms with Gasteiger partial charge in [0.05, 0.1) is 12.6 Å². The number of fused-ring (bicyclic) bond motifs is 1. The molecule has 46 heavy (non-hydrogen) atoms. The number of hydrogen-bond acceptors (Lipinski definition) is 7. The van der Waals surface area contributed by atoms with Crippen LogP contribution in [0.3, 0.4) is 0 Å². The van der Waals surface area contributed by atoms with Crippen LogP contribution in [0.25, 0.3) is 10.9 Å². The van der Waals surface area contributed by atoms with Crippen LogP contribution in [0.4, 0.5) is 0 Å². The fourth-order valence-electron chi connectivity index (χ4n) is 5.65. The van der Waals surface area contributed by atoms with Crippen molar-refractivity contribution in [2.45, 2.75) is 57.5 Å². The molecule has 2 aromatic carbocycles. The number of nitrogens with zero attached hydrogens (tertiary/aromatic N) is 2. The number of ketones is 1. The van der Waals surface area contributed by atoms with Crippen molar-refractivity contribution in [3.63, 3.8) is 0 Å². The Kier molecular flexibility index (Phi) is 10.9. The van der Waals surface area contributed by atoms with Gasteiger partial charge in [0.15, 0.2) is 5.01 Å². The summed E-state index contributed by atoms with van der Waals surface area (Å²) in [6.45, 7) is 3.01. The maximum absolute atomic E-state index is 13.4. The number of carbonyl (C=O) groups excluding carboxylic acids is 4. The number of Topliss-reactive ketones (excluding diaryl/α,β-unsaturated/α-hetero) is 1. The van der Waals surface area contributed by atoms with Crippen molar-refractivity contribution >= 4 is 51.6 Å². The van der Waals surface area contributed by atoms with E-state index in [4.69, 9.17) is 5.41 Å². The van der Waals surface area contributed by atoms with Crippen LogP contribution >= 0.6 is 11.3 Å². The lowest BCUT2D eigenvalue weighted by molar-refractivity contribution is -0.130. The van der Waals surface area contributed by atoms with Crippen LogP contribution < -0.4 is 16.0 Å². The molecule has 12 heteroatoms. The summed E-state index contributed by atoms with van der Waals surface area (Å²) < 4.78 is 0. The molecule has 2 aromatic heterocycles. The van der Waals surface area contributed by atoms with Crippen molar-refractivity contribution < 1.29 is 19.2 Å². The second-order valence-corrected chi connectivity index (χ2v) is 12.3. The minimum atomic E-state index is -0.932. The SMILES string of the molecule is CCC(=O)NC(Cc1cccc(C(=N)N2CCCCC2)c1)C(=O)NCC(=O)NC(Cc1c[nH]c2ccccc12)C(=O)c1nccs1. The van der Waals surface area contributed by atoms with Crippen molar-refractivity contribution in [2.24, 2.45) is 0 Å². The first kappa shape index (κ1) is 32.6. The van der Waals surface area contributed by atoms with E-state index >= 15 is 0 Å². The zero-order valence-corrected chi connectivity index (χ0v) is 26.6. The summed E-state index contributed by atoms with van der Waals surface area (Å²) in [5.74, 6) is -1.22. The molecule has 1 aliphatic heterocycles. The van der Waals surface area contributed by atoms with Crippen molar-refractivity contribution in [1.82, 2.24) is 30.8 Å². The van der Waals surface area contributed by atoms with E-state index in [1.54, 1.807) is 18.5 Å². The molecular weight excluding hydrogens is 602 g/mol. The van der Waals surface area contributed by atoms with Gasteiger partial charge in [-0.05, 0) is 42.5 Å². The lowest BCUT2D eigenvalue weighted by Crippen LogP contribution is -2.51. The fourth-order valence-corrected chi connectivity index (χ4v) is 6.28. The average molecular weight is 642 g/mol. The summed E-state index contributed by atoms with van der Waals surface area (Å²) in [5, 5.41) is 19.8. The van der Waals surface area contributed by atoms with Gasteiger partial charge in [-0.1, -0.05) is 43.3 Å². The van der Waals surface area contributed by atoms with Gasteiger partial charge in [-0.15, -0.1) is 11.3 Å². The molecule has 3 amide bonds. The lowest BCUT2D eigenvalue weighted by atomic mass is 10.0. The average Bonchev–Trinajstić information content (AvgIpc) is 3.77. The van der Waals surface area contributed by atoms with E-state index in [9.17, 15) is 19.2 Å². The maximum atomic E-state index is 13.4. The smallest absolute Gasteiger partial charge is 0.243 e. The number of benzene rings is 2. The highest BCUT2D eigenvalue weighted by atomic mass is 32.1. The maximum Gasteiger partial charge on any atom is 0.243 e. The predicted molar refractivity (Wildman–Crippen MR) is 178 cm³/mol. The number of amidine groups is 1. The number of rotatable bonds is 13. The highest BCUT2D eigenvalue weighted by Gasteiger charge is 2.27. The molecule has 240 valence electrons.